The zero-order chi connectivity index (χ0) is 19.6. The summed E-state index contributed by atoms with van der Waals surface area (Å²) in [7, 11) is 3.30. The molecule has 0 aliphatic heterocycles. The van der Waals surface area contributed by atoms with E-state index in [0.29, 0.717) is 24.6 Å². The lowest BCUT2D eigenvalue weighted by atomic mass is 10.1. The Labute approximate surface area is 158 Å². The van der Waals surface area contributed by atoms with Crippen LogP contribution in [0.25, 0.3) is 0 Å². The quantitative estimate of drug-likeness (QED) is 0.546. The van der Waals surface area contributed by atoms with Gasteiger partial charge in [-0.3, -0.25) is 4.99 Å². The molecule has 0 bridgehead atoms. The van der Waals surface area contributed by atoms with Gasteiger partial charge in [-0.15, -0.1) is 0 Å². The summed E-state index contributed by atoms with van der Waals surface area (Å²) in [6.45, 7) is 0.0531. The fraction of sp³-hybridized carbons (Fsp3) is 0.350. The van der Waals surface area contributed by atoms with Crippen molar-refractivity contribution in [2.75, 3.05) is 20.7 Å². The normalized spacial score (nSPS) is 11.4. The number of aryl methyl sites for hydroxylation is 1. The van der Waals surface area contributed by atoms with Crippen molar-refractivity contribution in [3.63, 3.8) is 0 Å². The van der Waals surface area contributed by atoms with E-state index in [1.165, 1.54) is 5.56 Å². The van der Waals surface area contributed by atoms with E-state index < -0.39 is 6.61 Å². The first-order chi connectivity index (χ1) is 13.0. The minimum Gasteiger partial charge on any atom is -0.497 e. The van der Waals surface area contributed by atoms with Crippen LogP contribution in [0, 0.1) is 6.92 Å². The smallest absolute Gasteiger partial charge is 0.387 e. The molecular weight excluding hydrogens is 352 g/mol. The van der Waals surface area contributed by atoms with Crippen LogP contribution in [0.5, 0.6) is 11.5 Å². The van der Waals surface area contributed by atoms with Crippen LogP contribution in [-0.4, -0.2) is 33.3 Å². The zero-order valence-corrected chi connectivity index (χ0v) is 15.8. The van der Waals surface area contributed by atoms with Crippen LogP contribution < -0.4 is 20.1 Å². The van der Waals surface area contributed by atoms with Crippen molar-refractivity contribution in [1.29, 1.82) is 0 Å². The minimum atomic E-state index is -2.85. The van der Waals surface area contributed by atoms with E-state index in [0.717, 1.165) is 17.7 Å². The largest absolute Gasteiger partial charge is 0.497 e. The van der Waals surface area contributed by atoms with E-state index in [-0.39, 0.29) is 5.75 Å². The first-order valence-electron chi connectivity index (χ1n) is 8.63. The first-order valence-corrected chi connectivity index (χ1v) is 8.63. The Morgan fingerprint density at radius 3 is 2.48 bits per heavy atom. The lowest BCUT2D eigenvalue weighted by Gasteiger charge is -2.15. The summed E-state index contributed by atoms with van der Waals surface area (Å²) in [5.74, 6) is 1.58. The summed E-state index contributed by atoms with van der Waals surface area (Å²) in [4.78, 5) is 4.16. The molecule has 0 aliphatic carbocycles. The highest BCUT2D eigenvalue weighted by atomic mass is 19.3. The maximum Gasteiger partial charge on any atom is 0.387 e. The molecule has 2 aromatic carbocycles. The highest BCUT2D eigenvalue weighted by Crippen LogP contribution is 2.22. The number of hydrogen-bond acceptors (Lipinski definition) is 3. The van der Waals surface area contributed by atoms with Gasteiger partial charge < -0.3 is 20.1 Å². The second-order valence-corrected chi connectivity index (χ2v) is 5.94. The molecule has 7 heteroatoms. The number of guanidine groups is 1. The topological polar surface area (TPSA) is 54.9 Å². The number of hydrogen-bond donors (Lipinski definition) is 2. The fourth-order valence-electron chi connectivity index (χ4n) is 2.57. The molecule has 0 atom stereocenters. The van der Waals surface area contributed by atoms with E-state index >= 15 is 0 Å². The van der Waals surface area contributed by atoms with Crippen LogP contribution >= 0.6 is 0 Å². The van der Waals surface area contributed by atoms with Crippen molar-refractivity contribution in [2.24, 2.45) is 4.99 Å². The van der Waals surface area contributed by atoms with Gasteiger partial charge in [0.15, 0.2) is 5.96 Å². The van der Waals surface area contributed by atoms with Crippen LogP contribution in [0.3, 0.4) is 0 Å². The molecule has 2 aromatic rings. The van der Waals surface area contributed by atoms with Gasteiger partial charge in [0.05, 0.1) is 7.11 Å². The molecule has 0 radical (unpaired) electrons. The molecule has 2 N–H and O–H groups in total. The Bertz CT molecular complexity index is 749. The standard InChI is InChI=1S/C20H25F2N3O2/c1-14-4-9-18(27-19(21)22)16(12-14)13-25-20(23-2)24-11-10-15-5-7-17(26-3)8-6-15/h4-9,12,19H,10-11,13H2,1-3H3,(H2,23,24,25). The van der Waals surface area contributed by atoms with E-state index in [2.05, 4.69) is 20.4 Å². The molecular formula is C20H25F2N3O2. The molecule has 0 heterocycles. The van der Waals surface area contributed by atoms with Gasteiger partial charge >= 0.3 is 6.61 Å². The Morgan fingerprint density at radius 1 is 1.11 bits per heavy atom. The Kier molecular flexibility index (Phi) is 7.85. The molecule has 27 heavy (non-hydrogen) atoms. The predicted molar refractivity (Wildman–Crippen MR) is 103 cm³/mol. The minimum absolute atomic E-state index is 0.164. The molecule has 0 spiro atoms. The Morgan fingerprint density at radius 2 is 1.85 bits per heavy atom. The summed E-state index contributed by atoms with van der Waals surface area (Å²) in [5, 5.41) is 6.34. The van der Waals surface area contributed by atoms with Gasteiger partial charge in [0.25, 0.3) is 0 Å². The maximum atomic E-state index is 12.6. The number of nitrogens with zero attached hydrogens (tertiary/aromatic N) is 1. The monoisotopic (exact) mass is 377 g/mol. The van der Waals surface area contributed by atoms with Crippen molar-refractivity contribution < 1.29 is 18.3 Å². The molecule has 2 rings (SSSR count). The average Bonchev–Trinajstić information content (AvgIpc) is 2.66. The van der Waals surface area contributed by atoms with E-state index in [9.17, 15) is 8.78 Å². The molecule has 0 saturated carbocycles. The highest BCUT2D eigenvalue weighted by Gasteiger charge is 2.10. The van der Waals surface area contributed by atoms with Crippen LogP contribution in [-0.2, 0) is 13.0 Å². The van der Waals surface area contributed by atoms with Gasteiger partial charge in [-0.05, 0) is 37.1 Å². The molecule has 0 unspecified atom stereocenters. The van der Waals surface area contributed by atoms with Crippen molar-refractivity contribution in [2.45, 2.75) is 26.5 Å². The SMILES string of the molecule is CN=C(NCCc1ccc(OC)cc1)NCc1cc(C)ccc1OC(F)F. The molecule has 0 amide bonds. The molecule has 0 saturated heterocycles. The van der Waals surface area contributed by atoms with Crippen LogP contribution in [0.2, 0.25) is 0 Å². The third-order valence-corrected chi connectivity index (χ3v) is 3.97. The number of alkyl halides is 2. The third kappa shape index (κ3) is 6.77. The number of rotatable bonds is 8. The first kappa shape index (κ1) is 20.5. The highest BCUT2D eigenvalue weighted by molar-refractivity contribution is 5.79. The van der Waals surface area contributed by atoms with E-state index in [4.69, 9.17) is 4.74 Å². The average molecular weight is 377 g/mol. The number of nitrogens with one attached hydrogen (secondary N) is 2. The molecule has 146 valence electrons. The number of ether oxygens (including phenoxy) is 2. The van der Waals surface area contributed by atoms with Crippen molar-refractivity contribution in [3.8, 4) is 11.5 Å². The van der Waals surface area contributed by atoms with Gasteiger partial charge in [-0.25, -0.2) is 0 Å². The fourth-order valence-corrected chi connectivity index (χ4v) is 2.57. The van der Waals surface area contributed by atoms with Gasteiger partial charge in [0.2, 0.25) is 0 Å². The summed E-state index contributed by atoms with van der Waals surface area (Å²) in [6, 6.07) is 13.0. The second-order valence-electron chi connectivity index (χ2n) is 5.94. The van der Waals surface area contributed by atoms with Gasteiger partial charge in [0, 0.05) is 25.7 Å². The summed E-state index contributed by atoms with van der Waals surface area (Å²) < 4.78 is 34.8. The van der Waals surface area contributed by atoms with Crippen LogP contribution in [0.4, 0.5) is 8.78 Å². The summed E-state index contributed by atoms with van der Waals surface area (Å²) in [5.41, 5.74) is 2.79. The lowest BCUT2D eigenvalue weighted by molar-refractivity contribution is -0.0504. The van der Waals surface area contributed by atoms with Gasteiger partial charge in [-0.1, -0.05) is 29.8 Å². The lowest BCUT2D eigenvalue weighted by Crippen LogP contribution is -2.38. The summed E-state index contributed by atoms with van der Waals surface area (Å²) in [6.07, 6.45) is 0.814. The number of benzene rings is 2. The predicted octanol–water partition coefficient (Wildman–Crippen LogP) is 3.51. The zero-order valence-electron chi connectivity index (χ0n) is 15.8. The van der Waals surface area contributed by atoms with E-state index in [1.807, 2.05) is 37.3 Å². The Hall–Kier alpha value is -2.83. The van der Waals surface area contributed by atoms with Crippen molar-refractivity contribution in [3.05, 3.63) is 59.2 Å². The van der Waals surface area contributed by atoms with Crippen molar-refractivity contribution in [1.82, 2.24) is 10.6 Å². The third-order valence-electron chi connectivity index (χ3n) is 3.97. The Balaban J connectivity index is 1.87. The van der Waals surface area contributed by atoms with Crippen LogP contribution in [0.15, 0.2) is 47.5 Å². The molecule has 0 fully saturated rings. The number of aliphatic imine (C=N–C) groups is 1. The van der Waals surface area contributed by atoms with Crippen LogP contribution in [0.1, 0.15) is 16.7 Å². The number of halogens is 2. The molecule has 5 nitrogen and oxygen atoms in total. The van der Waals surface area contributed by atoms with Gasteiger partial charge in [0.1, 0.15) is 11.5 Å². The van der Waals surface area contributed by atoms with Gasteiger partial charge in [-0.2, -0.15) is 8.78 Å². The second kappa shape index (κ2) is 10.4. The maximum absolute atomic E-state index is 12.6. The van der Waals surface area contributed by atoms with Crippen molar-refractivity contribution >= 4 is 5.96 Å². The number of methoxy groups -OCH3 is 1. The van der Waals surface area contributed by atoms with E-state index in [1.54, 1.807) is 26.3 Å². The molecule has 0 aliphatic rings. The molecule has 0 aromatic heterocycles. The summed E-state index contributed by atoms with van der Waals surface area (Å²) >= 11 is 0.